The van der Waals surface area contributed by atoms with Gasteiger partial charge in [-0.25, -0.2) is 0 Å². The average molecular weight is 1250 g/mol. The number of esters is 1. The van der Waals surface area contributed by atoms with Crippen LogP contribution in [0.2, 0.25) is 0 Å². The monoisotopic (exact) mass is 1250 g/mol. The highest BCUT2D eigenvalue weighted by Gasteiger charge is 2.20. The first kappa shape index (κ1) is 87.3. The van der Waals surface area contributed by atoms with Crippen LogP contribution in [0.3, 0.4) is 0 Å². The molecule has 2 atom stereocenters. The number of aliphatic hydroxyl groups is 2. The number of aliphatic hydroxyl groups excluding tert-OH is 2. The van der Waals surface area contributed by atoms with Gasteiger partial charge >= 0.3 is 5.97 Å². The lowest BCUT2D eigenvalue weighted by Gasteiger charge is -2.22. The number of ether oxygens (including phenoxy) is 1. The van der Waals surface area contributed by atoms with Crippen molar-refractivity contribution in [2.45, 2.75) is 482 Å². The Hall–Kier alpha value is -1.66. The van der Waals surface area contributed by atoms with Gasteiger partial charge in [-0.1, -0.05) is 423 Å². The van der Waals surface area contributed by atoms with Gasteiger partial charge in [0.1, 0.15) is 0 Å². The van der Waals surface area contributed by atoms with Gasteiger partial charge in [-0.15, -0.1) is 0 Å². The fraction of sp³-hybridized carbons (Fsp3) is 0.928. The molecule has 0 spiro atoms. The predicted octanol–water partition coefficient (Wildman–Crippen LogP) is 27.2. The molecular formula is C83H161NO5. The van der Waals surface area contributed by atoms with Gasteiger partial charge in [0, 0.05) is 12.8 Å². The highest BCUT2D eigenvalue weighted by atomic mass is 16.5. The van der Waals surface area contributed by atoms with Crippen molar-refractivity contribution >= 4 is 11.9 Å². The van der Waals surface area contributed by atoms with Crippen LogP contribution in [0, 0.1) is 0 Å². The van der Waals surface area contributed by atoms with E-state index >= 15 is 0 Å². The Morgan fingerprint density at radius 3 is 0.854 bits per heavy atom. The maximum absolute atomic E-state index is 12.6. The third-order valence-corrected chi connectivity index (χ3v) is 19.5. The molecule has 6 nitrogen and oxygen atoms in total. The lowest BCUT2D eigenvalue weighted by Crippen LogP contribution is -2.45. The zero-order valence-corrected chi connectivity index (χ0v) is 60.7. The predicted molar refractivity (Wildman–Crippen MR) is 393 cm³/mol. The smallest absolute Gasteiger partial charge is 0.305 e. The summed E-state index contributed by atoms with van der Waals surface area (Å²) < 4.78 is 5.50. The van der Waals surface area contributed by atoms with Crippen molar-refractivity contribution in [3.63, 3.8) is 0 Å². The van der Waals surface area contributed by atoms with Gasteiger partial charge in [-0.3, -0.25) is 9.59 Å². The lowest BCUT2D eigenvalue weighted by molar-refractivity contribution is -0.143. The molecule has 0 aliphatic carbocycles. The molecule has 0 bridgehead atoms. The number of hydrogen-bond donors (Lipinski definition) is 3. The highest BCUT2D eigenvalue weighted by Crippen LogP contribution is 2.20. The van der Waals surface area contributed by atoms with Crippen LogP contribution in [-0.2, 0) is 14.3 Å². The molecule has 0 aliphatic rings. The Morgan fingerprint density at radius 2 is 0.562 bits per heavy atom. The van der Waals surface area contributed by atoms with Gasteiger partial charge in [-0.2, -0.15) is 0 Å². The molecule has 528 valence electrons. The van der Waals surface area contributed by atoms with Crippen LogP contribution in [0.1, 0.15) is 470 Å². The standard InChI is InChI=1S/C83H161NO5/c1-3-5-7-9-11-13-15-17-19-20-21-39-42-45-48-51-55-59-63-67-71-75-81(86)80(79-85)84-82(87)76-72-68-64-60-56-52-49-46-43-40-37-35-33-31-29-27-25-23-22-24-26-28-30-32-34-36-38-41-44-47-50-54-58-62-66-70-74-78-89-83(88)77-73-69-65-61-57-53-18-16-14-12-10-8-6-4-2/h22,24,28,30,80-81,85-86H,3-21,23,25-27,29,31-79H2,1-2H3,(H,84,87)/b24-22-,30-28-. The summed E-state index contributed by atoms with van der Waals surface area (Å²) in [6.45, 7) is 5.01. The molecule has 0 aliphatic heterocycles. The first-order chi connectivity index (χ1) is 44.0. The summed E-state index contributed by atoms with van der Waals surface area (Å²) in [5.41, 5.74) is 0. The minimum atomic E-state index is -0.663. The van der Waals surface area contributed by atoms with Crippen LogP contribution in [0.15, 0.2) is 24.3 Å². The van der Waals surface area contributed by atoms with Crippen molar-refractivity contribution < 1.29 is 24.5 Å². The molecule has 0 radical (unpaired) electrons. The molecule has 0 aromatic rings. The quantitative estimate of drug-likeness (QED) is 0.0320. The summed E-state index contributed by atoms with van der Waals surface area (Å²) in [5, 5.41) is 23.5. The van der Waals surface area contributed by atoms with E-state index in [9.17, 15) is 19.8 Å². The van der Waals surface area contributed by atoms with E-state index in [2.05, 4.69) is 43.5 Å². The highest BCUT2D eigenvalue weighted by molar-refractivity contribution is 5.76. The molecule has 3 N–H and O–H groups in total. The lowest BCUT2D eigenvalue weighted by atomic mass is 10.0. The second-order valence-electron chi connectivity index (χ2n) is 28.5. The van der Waals surface area contributed by atoms with Crippen LogP contribution in [0.25, 0.3) is 0 Å². The van der Waals surface area contributed by atoms with Crippen LogP contribution in [-0.4, -0.2) is 47.4 Å². The number of amides is 1. The van der Waals surface area contributed by atoms with Crippen molar-refractivity contribution in [2.24, 2.45) is 0 Å². The summed E-state index contributed by atoms with van der Waals surface area (Å²) in [7, 11) is 0. The number of carbonyl (C=O) groups excluding carboxylic acids is 2. The van der Waals surface area contributed by atoms with Crippen molar-refractivity contribution in [1.29, 1.82) is 0 Å². The molecule has 89 heavy (non-hydrogen) atoms. The minimum Gasteiger partial charge on any atom is -0.466 e. The Morgan fingerprint density at radius 1 is 0.315 bits per heavy atom. The SMILES string of the molecule is CCCCCCCCCCCCCCCCCCCCCCCC(O)C(CO)NC(=O)CCCCCCCCCCCCCCCCCCC/C=C\C/C=C\CCCCCCCCCCCCCCCOC(=O)CCCCCCCCCCCCCCCC. The number of carbonyl (C=O) groups is 2. The second kappa shape index (κ2) is 78.8. The summed E-state index contributed by atoms with van der Waals surface area (Å²) >= 11 is 0. The molecule has 0 rings (SSSR count). The molecule has 0 saturated carbocycles. The summed E-state index contributed by atoms with van der Waals surface area (Å²) in [5.74, 6) is -0.00469. The molecule has 0 aromatic carbocycles. The van der Waals surface area contributed by atoms with Crippen LogP contribution < -0.4 is 5.32 Å². The van der Waals surface area contributed by atoms with E-state index in [1.165, 1.54) is 392 Å². The van der Waals surface area contributed by atoms with E-state index in [1.807, 2.05) is 0 Å². The average Bonchev–Trinajstić information content (AvgIpc) is 3.63. The van der Waals surface area contributed by atoms with Crippen molar-refractivity contribution in [1.82, 2.24) is 5.32 Å². The largest absolute Gasteiger partial charge is 0.466 e. The van der Waals surface area contributed by atoms with Gasteiger partial charge in [0.15, 0.2) is 0 Å². The summed E-state index contributed by atoms with van der Waals surface area (Å²) in [6, 6.07) is -0.540. The summed E-state index contributed by atoms with van der Waals surface area (Å²) in [6.07, 6.45) is 101. The fourth-order valence-corrected chi connectivity index (χ4v) is 13.3. The Kier molecular flexibility index (Phi) is 77.3. The molecule has 0 fully saturated rings. The van der Waals surface area contributed by atoms with Gasteiger partial charge in [-0.05, 0) is 57.8 Å². The second-order valence-corrected chi connectivity index (χ2v) is 28.5. The molecule has 6 heteroatoms. The van der Waals surface area contributed by atoms with Gasteiger partial charge in [0.2, 0.25) is 5.91 Å². The van der Waals surface area contributed by atoms with Crippen LogP contribution >= 0.6 is 0 Å². The number of unbranched alkanes of at least 4 members (excludes halogenated alkanes) is 63. The number of nitrogens with one attached hydrogen (secondary N) is 1. The van der Waals surface area contributed by atoms with Crippen molar-refractivity contribution in [2.75, 3.05) is 13.2 Å². The Bertz CT molecular complexity index is 1400. The van der Waals surface area contributed by atoms with Gasteiger partial charge in [0.25, 0.3) is 0 Å². The van der Waals surface area contributed by atoms with E-state index in [-0.39, 0.29) is 18.5 Å². The van der Waals surface area contributed by atoms with Crippen LogP contribution in [0.5, 0.6) is 0 Å². The third kappa shape index (κ3) is 75.3. The molecular weight excluding hydrogens is 1090 g/mol. The molecule has 2 unspecified atom stereocenters. The molecule has 1 amide bonds. The zero-order valence-electron chi connectivity index (χ0n) is 60.7. The zero-order chi connectivity index (χ0) is 64.2. The fourth-order valence-electron chi connectivity index (χ4n) is 13.3. The van der Waals surface area contributed by atoms with Crippen molar-refractivity contribution in [3.8, 4) is 0 Å². The Balaban J connectivity index is 3.36. The van der Waals surface area contributed by atoms with Crippen LogP contribution in [0.4, 0.5) is 0 Å². The van der Waals surface area contributed by atoms with E-state index in [4.69, 9.17) is 4.74 Å². The topological polar surface area (TPSA) is 95.9 Å². The van der Waals surface area contributed by atoms with Crippen molar-refractivity contribution in [3.05, 3.63) is 24.3 Å². The number of rotatable bonds is 78. The van der Waals surface area contributed by atoms with E-state index in [0.29, 0.717) is 25.9 Å². The third-order valence-electron chi connectivity index (χ3n) is 19.5. The molecule has 0 saturated heterocycles. The maximum Gasteiger partial charge on any atom is 0.305 e. The van der Waals surface area contributed by atoms with Gasteiger partial charge in [0.05, 0.1) is 25.4 Å². The van der Waals surface area contributed by atoms with E-state index in [0.717, 1.165) is 44.9 Å². The first-order valence-corrected chi connectivity index (χ1v) is 41.1. The first-order valence-electron chi connectivity index (χ1n) is 41.1. The Labute approximate surface area is 558 Å². The van der Waals surface area contributed by atoms with Gasteiger partial charge < -0.3 is 20.3 Å². The molecule has 0 heterocycles. The normalized spacial score (nSPS) is 12.5. The number of hydrogen-bond acceptors (Lipinski definition) is 5. The molecule has 0 aromatic heterocycles. The number of allylic oxidation sites excluding steroid dienone is 4. The maximum atomic E-state index is 12.6. The van der Waals surface area contributed by atoms with E-state index in [1.54, 1.807) is 0 Å². The van der Waals surface area contributed by atoms with E-state index < -0.39 is 12.1 Å². The summed E-state index contributed by atoms with van der Waals surface area (Å²) in [4.78, 5) is 24.6. The minimum absolute atomic E-state index is 0.0221.